The zero-order chi connectivity index (χ0) is 17.9. The second-order valence-corrected chi connectivity index (χ2v) is 7.34. The van der Waals surface area contributed by atoms with E-state index in [1.54, 1.807) is 11.1 Å². The van der Waals surface area contributed by atoms with Gasteiger partial charge in [-0.25, -0.2) is 9.97 Å². The minimum Gasteiger partial charge on any atom is -0.327 e. The van der Waals surface area contributed by atoms with Crippen LogP contribution in [0.15, 0.2) is 52.9 Å². The molecule has 26 heavy (non-hydrogen) atoms. The van der Waals surface area contributed by atoms with Crippen LogP contribution in [-0.4, -0.2) is 25.8 Å². The zero-order valence-corrected chi connectivity index (χ0v) is 14.9. The first-order valence-corrected chi connectivity index (χ1v) is 9.39. The maximum Gasteiger partial charge on any atom is 0.263 e. The van der Waals surface area contributed by atoms with E-state index >= 15 is 0 Å². The maximum absolute atomic E-state index is 13.0. The minimum atomic E-state index is -0.371. The van der Waals surface area contributed by atoms with Crippen molar-refractivity contribution in [3.05, 3.63) is 80.4 Å². The average Bonchev–Trinajstić information content (AvgIpc) is 3.39. The van der Waals surface area contributed by atoms with Crippen molar-refractivity contribution < 1.29 is 4.79 Å². The van der Waals surface area contributed by atoms with Crippen molar-refractivity contribution in [2.75, 3.05) is 0 Å². The zero-order valence-electron chi connectivity index (χ0n) is 14.1. The molecule has 132 valence electrons. The van der Waals surface area contributed by atoms with Crippen LogP contribution in [0, 0.1) is 0 Å². The molecule has 1 aliphatic rings. The molecule has 0 atom stereocenters. The van der Waals surface area contributed by atoms with Crippen LogP contribution >= 0.6 is 11.3 Å². The summed E-state index contributed by atoms with van der Waals surface area (Å²) in [6.45, 7) is 0.762. The highest BCUT2D eigenvalue weighted by Gasteiger charge is 2.27. The van der Waals surface area contributed by atoms with Crippen molar-refractivity contribution in [2.24, 2.45) is 0 Å². The summed E-state index contributed by atoms with van der Waals surface area (Å²) in [7, 11) is 0. The van der Waals surface area contributed by atoms with Gasteiger partial charge in [-0.3, -0.25) is 9.59 Å². The number of carbonyl (C=O) groups excluding carboxylic acids is 1. The quantitative estimate of drug-likeness (QED) is 0.727. The summed E-state index contributed by atoms with van der Waals surface area (Å²) >= 11 is 1.49. The van der Waals surface area contributed by atoms with Gasteiger partial charge in [-0.15, -0.1) is 11.3 Å². The first kappa shape index (κ1) is 16.7. The third-order valence-electron chi connectivity index (χ3n) is 4.33. The summed E-state index contributed by atoms with van der Waals surface area (Å²) in [6.07, 6.45) is 5.21. The van der Waals surface area contributed by atoms with E-state index in [0.717, 1.165) is 23.4 Å². The van der Waals surface area contributed by atoms with E-state index in [2.05, 4.69) is 15.0 Å². The summed E-state index contributed by atoms with van der Waals surface area (Å²) < 4.78 is 0. The molecule has 1 amide bonds. The highest BCUT2D eigenvalue weighted by Crippen LogP contribution is 2.37. The number of aromatic amines is 1. The Hall–Kier alpha value is -2.80. The Morgan fingerprint density at radius 1 is 1.19 bits per heavy atom. The van der Waals surface area contributed by atoms with Crippen molar-refractivity contribution >= 4 is 17.2 Å². The molecule has 2 aromatic heterocycles. The van der Waals surface area contributed by atoms with Crippen LogP contribution in [0.5, 0.6) is 0 Å². The van der Waals surface area contributed by atoms with Gasteiger partial charge in [0.15, 0.2) is 0 Å². The van der Waals surface area contributed by atoms with Crippen molar-refractivity contribution in [3.63, 3.8) is 0 Å². The van der Waals surface area contributed by atoms with Gasteiger partial charge in [-0.05, 0) is 18.4 Å². The molecule has 2 heterocycles. The van der Waals surface area contributed by atoms with E-state index < -0.39 is 0 Å². The third kappa shape index (κ3) is 3.72. The summed E-state index contributed by atoms with van der Waals surface area (Å²) in [4.78, 5) is 38.4. The van der Waals surface area contributed by atoms with Crippen molar-refractivity contribution in [1.82, 2.24) is 19.9 Å². The lowest BCUT2D eigenvalue weighted by Gasteiger charge is -2.21. The van der Waals surface area contributed by atoms with E-state index in [-0.39, 0.29) is 17.0 Å². The number of rotatable bonds is 6. The second-order valence-electron chi connectivity index (χ2n) is 6.36. The Morgan fingerprint density at radius 3 is 2.65 bits per heavy atom. The fourth-order valence-corrected chi connectivity index (χ4v) is 3.42. The molecule has 0 spiro atoms. The van der Waals surface area contributed by atoms with Crippen LogP contribution < -0.4 is 5.56 Å². The largest absolute Gasteiger partial charge is 0.327 e. The van der Waals surface area contributed by atoms with Gasteiger partial charge < -0.3 is 9.88 Å². The van der Waals surface area contributed by atoms with Crippen LogP contribution in [0.1, 0.15) is 45.5 Å². The number of hydrogen-bond donors (Lipinski definition) is 1. The number of nitrogens with zero attached hydrogens (tertiary/aromatic N) is 3. The monoisotopic (exact) mass is 366 g/mol. The van der Waals surface area contributed by atoms with Gasteiger partial charge in [0.2, 0.25) is 0 Å². The number of thiazole rings is 1. The molecular weight excluding hydrogens is 348 g/mol. The summed E-state index contributed by atoms with van der Waals surface area (Å²) in [5, 5.41) is 2.70. The predicted octanol–water partition coefficient (Wildman–Crippen LogP) is 2.95. The Kier molecular flexibility index (Phi) is 4.62. The highest BCUT2D eigenvalue weighted by atomic mass is 32.1. The molecule has 0 bridgehead atoms. The lowest BCUT2D eigenvalue weighted by Crippen LogP contribution is -2.34. The molecule has 0 radical (unpaired) electrons. The number of amides is 1. The SMILES string of the molecule is O=C(c1cnc(C2CC2)[nH]c1=O)N(Cc1ccccc1)Cc1nccs1. The second kappa shape index (κ2) is 7.21. The molecule has 3 aromatic rings. The van der Waals surface area contributed by atoms with Crippen molar-refractivity contribution in [2.45, 2.75) is 31.8 Å². The lowest BCUT2D eigenvalue weighted by molar-refractivity contribution is 0.0727. The number of nitrogens with one attached hydrogen (secondary N) is 1. The van der Waals surface area contributed by atoms with Gasteiger partial charge in [0.25, 0.3) is 11.5 Å². The summed E-state index contributed by atoms with van der Waals surface area (Å²) in [6, 6.07) is 9.71. The van der Waals surface area contributed by atoms with Crippen LogP contribution in [0.2, 0.25) is 0 Å². The number of benzene rings is 1. The number of aromatic nitrogens is 3. The Balaban J connectivity index is 1.61. The molecule has 7 heteroatoms. The van der Waals surface area contributed by atoms with Crippen molar-refractivity contribution in [3.8, 4) is 0 Å². The van der Waals surface area contributed by atoms with Crippen molar-refractivity contribution in [1.29, 1.82) is 0 Å². The number of hydrogen-bond acceptors (Lipinski definition) is 5. The van der Waals surface area contributed by atoms with E-state index in [9.17, 15) is 9.59 Å². The van der Waals surface area contributed by atoms with Gasteiger partial charge in [-0.1, -0.05) is 30.3 Å². The molecule has 1 saturated carbocycles. The van der Waals surface area contributed by atoms with Crippen LogP contribution in [0.3, 0.4) is 0 Å². The molecular formula is C19H18N4O2S. The normalized spacial score (nSPS) is 13.5. The van der Waals surface area contributed by atoms with Gasteiger partial charge >= 0.3 is 0 Å². The minimum absolute atomic E-state index is 0.0712. The van der Waals surface area contributed by atoms with Crippen LogP contribution in [-0.2, 0) is 13.1 Å². The molecule has 1 fully saturated rings. The lowest BCUT2D eigenvalue weighted by atomic mass is 10.2. The van der Waals surface area contributed by atoms with Gasteiger partial charge in [0.05, 0.1) is 6.54 Å². The van der Waals surface area contributed by atoms with E-state index in [1.807, 2.05) is 35.7 Å². The topological polar surface area (TPSA) is 79.0 Å². The molecule has 1 N–H and O–H groups in total. The molecule has 0 unspecified atom stereocenters. The van der Waals surface area contributed by atoms with Crippen LogP contribution in [0.4, 0.5) is 0 Å². The molecule has 4 rings (SSSR count). The van der Waals surface area contributed by atoms with Crippen LogP contribution in [0.25, 0.3) is 0 Å². The fourth-order valence-electron chi connectivity index (χ4n) is 2.79. The van der Waals surface area contributed by atoms with Gasteiger partial charge in [-0.2, -0.15) is 0 Å². The smallest absolute Gasteiger partial charge is 0.263 e. The Bertz CT molecular complexity index is 949. The standard InChI is InChI=1S/C19H18N4O2S/c24-18-15(10-21-17(22-18)14-6-7-14)19(25)23(12-16-20-8-9-26-16)11-13-4-2-1-3-5-13/h1-5,8-10,14H,6-7,11-12H2,(H,21,22,24). The predicted molar refractivity (Wildman–Crippen MR) is 99.0 cm³/mol. The summed E-state index contributed by atoms with van der Waals surface area (Å²) in [5.74, 6) is 0.684. The Labute approximate surface area is 154 Å². The molecule has 6 nitrogen and oxygen atoms in total. The van der Waals surface area contributed by atoms with Gasteiger partial charge in [0.1, 0.15) is 16.4 Å². The maximum atomic E-state index is 13.0. The van der Waals surface area contributed by atoms with Gasteiger partial charge in [0, 0.05) is 30.2 Å². The third-order valence-corrected chi connectivity index (χ3v) is 5.09. The van der Waals surface area contributed by atoms with E-state index in [1.165, 1.54) is 17.5 Å². The number of carbonyl (C=O) groups is 1. The average molecular weight is 366 g/mol. The Morgan fingerprint density at radius 2 is 2.00 bits per heavy atom. The molecule has 0 aliphatic heterocycles. The molecule has 1 aromatic carbocycles. The number of H-pyrrole nitrogens is 1. The first-order valence-electron chi connectivity index (χ1n) is 8.51. The fraction of sp³-hybridized carbons (Fsp3) is 0.263. The summed E-state index contributed by atoms with van der Waals surface area (Å²) in [5.41, 5.74) is 0.697. The molecule has 1 aliphatic carbocycles. The highest BCUT2D eigenvalue weighted by molar-refractivity contribution is 7.09. The first-order chi connectivity index (χ1) is 12.7. The molecule has 0 saturated heterocycles. The van der Waals surface area contributed by atoms with E-state index in [0.29, 0.717) is 24.8 Å². The van der Waals surface area contributed by atoms with E-state index in [4.69, 9.17) is 0 Å².